The van der Waals surface area contributed by atoms with Gasteiger partial charge in [0.25, 0.3) is 0 Å². The molecule has 0 aromatic heterocycles. The molecule has 60 valence electrons. The van der Waals surface area contributed by atoms with E-state index in [0.717, 1.165) is 0 Å². The fourth-order valence-corrected chi connectivity index (χ4v) is 1.10. The highest BCUT2D eigenvalue weighted by Gasteiger charge is 2.22. The van der Waals surface area contributed by atoms with Gasteiger partial charge < -0.3 is 4.74 Å². The standard InChI is InChI=1S/C8H10O3/c1-11-8(10)6-3-2-4-7(9)5-6/h2,4,6H,3,5H2,1H3/t6-/m0/s1. The van der Waals surface area contributed by atoms with Crippen molar-refractivity contribution < 1.29 is 14.3 Å². The zero-order chi connectivity index (χ0) is 8.27. The van der Waals surface area contributed by atoms with Crippen molar-refractivity contribution >= 4 is 11.8 Å². The molecule has 1 rings (SSSR count). The minimum absolute atomic E-state index is 0.00616. The SMILES string of the molecule is COC(=O)[C@H]1CC=CC(=O)C1. The molecule has 0 aromatic rings. The third kappa shape index (κ3) is 1.90. The average molecular weight is 154 g/mol. The van der Waals surface area contributed by atoms with E-state index in [1.165, 1.54) is 13.2 Å². The van der Waals surface area contributed by atoms with Gasteiger partial charge in [-0.1, -0.05) is 6.08 Å². The number of ketones is 1. The minimum Gasteiger partial charge on any atom is -0.469 e. The van der Waals surface area contributed by atoms with Gasteiger partial charge in [0, 0.05) is 6.42 Å². The minimum atomic E-state index is -0.289. The molecule has 1 atom stereocenters. The second-order valence-corrected chi connectivity index (χ2v) is 2.53. The summed E-state index contributed by atoms with van der Waals surface area (Å²) in [4.78, 5) is 21.7. The van der Waals surface area contributed by atoms with Crippen molar-refractivity contribution in [2.75, 3.05) is 7.11 Å². The molecule has 11 heavy (non-hydrogen) atoms. The first-order valence-electron chi connectivity index (χ1n) is 3.51. The smallest absolute Gasteiger partial charge is 0.309 e. The van der Waals surface area contributed by atoms with E-state index in [1.807, 2.05) is 0 Å². The van der Waals surface area contributed by atoms with Gasteiger partial charge in [0.2, 0.25) is 0 Å². The Labute approximate surface area is 65.0 Å². The topological polar surface area (TPSA) is 43.4 Å². The monoisotopic (exact) mass is 154 g/mol. The lowest BCUT2D eigenvalue weighted by Crippen LogP contribution is -2.20. The van der Waals surface area contributed by atoms with Crippen LogP contribution in [-0.2, 0) is 14.3 Å². The summed E-state index contributed by atoms with van der Waals surface area (Å²) in [7, 11) is 1.34. The lowest BCUT2D eigenvalue weighted by Gasteiger charge is -2.13. The molecule has 1 aliphatic rings. The molecule has 0 spiro atoms. The summed E-state index contributed by atoms with van der Waals surface area (Å²) in [6, 6.07) is 0. The van der Waals surface area contributed by atoms with Gasteiger partial charge in [-0.25, -0.2) is 0 Å². The fraction of sp³-hybridized carbons (Fsp3) is 0.500. The van der Waals surface area contributed by atoms with Crippen molar-refractivity contribution in [3.8, 4) is 0 Å². The Kier molecular flexibility index (Phi) is 2.41. The second-order valence-electron chi connectivity index (χ2n) is 2.53. The highest BCUT2D eigenvalue weighted by molar-refractivity contribution is 5.93. The summed E-state index contributed by atoms with van der Waals surface area (Å²) in [5.74, 6) is -0.535. The molecular weight excluding hydrogens is 144 g/mol. The number of carbonyl (C=O) groups is 2. The normalized spacial score (nSPS) is 23.4. The van der Waals surface area contributed by atoms with Crippen LogP contribution >= 0.6 is 0 Å². The van der Waals surface area contributed by atoms with Crippen molar-refractivity contribution in [1.29, 1.82) is 0 Å². The molecule has 0 N–H and O–H groups in total. The third-order valence-electron chi connectivity index (χ3n) is 1.71. The van der Waals surface area contributed by atoms with E-state index in [4.69, 9.17) is 0 Å². The summed E-state index contributed by atoms with van der Waals surface area (Å²) >= 11 is 0. The molecule has 3 nitrogen and oxygen atoms in total. The number of methoxy groups -OCH3 is 1. The molecule has 0 heterocycles. The lowest BCUT2D eigenvalue weighted by atomic mass is 9.94. The van der Waals surface area contributed by atoms with Crippen LogP contribution in [0.4, 0.5) is 0 Å². The highest BCUT2D eigenvalue weighted by Crippen LogP contribution is 2.16. The molecule has 1 aliphatic carbocycles. The first kappa shape index (κ1) is 7.98. The van der Waals surface area contributed by atoms with Crippen molar-refractivity contribution in [2.45, 2.75) is 12.8 Å². The van der Waals surface area contributed by atoms with Crippen LogP contribution in [0.25, 0.3) is 0 Å². The molecule has 3 heteroatoms. The van der Waals surface area contributed by atoms with E-state index in [1.54, 1.807) is 6.08 Å². The van der Waals surface area contributed by atoms with Gasteiger partial charge in [-0.3, -0.25) is 9.59 Å². The molecule has 0 aromatic carbocycles. The van der Waals surface area contributed by atoms with Gasteiger partial charge in [0.15, 0.2) is 5.78 Å². The summed E-state index contributed by atoms with van der Waals surface area (Å²) < 4.78 is 4.51. The second kappa shape index (κ2) is 3.32. The fourth-order valence-electron chi connectivity index (χ4n) is 1.10. The largest absolute Gasteiger partial charge is 0.469 e. The summed E-state index contributed by atoms with van der Waals surface area (Å²) in [6.45, 7) is 0. The highest BCUT2D eigenvalue weighted by atomic mass is 16.5. The Balaban J connectivity index is 2.56. The first-order chi connectivity index (χ1) is 5.24. The zero-order valence-corrected chi connectivity index (χ0v) is 6.37. The van der Waals surface area contributed by atoms with Gasteiger partial charge in [0.1, 0.15) is 0 Å². The maximum atomic E-state index is 10.9. The van der Waals surface area contributed by atoms with Gasteiger partial charge >= 0.3 is 5.97 Å². The van der Waals surface area contributed by atoms with Crippen LogP contribution in [0.5, 0.6) is 0 Å². The Morgan fingerprint density at radius 1 is 1.73 bits per heavy atom. The van der Waals surface area contributed by atoms with E-state index in [9.17, 15) is 9.59 Å². The summed E-state index contributed by atoms with van der Waals surface area (Å²) in [5, 5.41) is 0. The lowest BCUT2D eigenvalue weighted by molar-refractivity contribution is -0.146. The number of carbonyl (C=O) groups excluding carboxylic acids is 2. The van der Waals surface area contributed by atoms with E-state index in [0.29, 0.717) is 12.8 Å². The van der Waals surface area contributed by atoms with Gasteiger partial charge in [-0.05, 0) is 12.5 Å². The molecule has 0 aliphatic heterocycles. The van der Waals surface area contributed by atoms with Crippen LogP contribution in [0.1, 0.15) is 12.8 Å². The molecule has 0 saturated heterocycles. The van der Waals surface area contributed by atoms with Crippen LogP contribution in [0.15, 0.2) is 12.2 Å². The van der Waals surface area contributed by atoms with E-state index < -0.39 is 0 Å². The van der Waals surface area contributed by atoms with Crippen molar-refractivity contribution in [2.24, 2.45) is 5.92 Å². The third-order valence-corrected chi connectivity index (χ3v) is 1.71. The summed E-state index contributed by atoms with van der Waals surface area (Å²) in [5.41, 5.74) is 0. The van der Waals surface area contributed by atoms with Crippen molar-refractivity contribution in [1.82, 2.24) is 0 Å². The molecule has 0 amide bonds. The summed E-state index contributed by atoms with van der Waals surface area (Å²) in [6.07, 6.45) is 4.15. The maximum absolute atomic E-state index is 10.9. The van der Waals surface area contributed by atoms with Crippen LogP contribution in [0, 0.1) is 5.92 Å². The molecule has 0 bridgehead atoms. The number of allylic oxidation sites excluding steroid dienone is 2. The predicted molar refractivity (Wildman–Crippen MR) is 38.9 cm³/mol. The molecular formula is C8H10O3. The van der Waals surface area contributed by atoms with Crippen molar-refractivity contribution in [3.63, 3.8) is 0 Å². The average Bonchev–Trinajstić information content (AvgIpc) is 2.03. The van der Waals surface area contributed by atoms with Crippen LogP contribution in [0.2, 0.25) is 0 Å². The van der Waals surface area contributed by atoms with Crippen molar-refractivity contribution in [3.05, 3.63) is 12.2 Å². The molecule has 0 saturated carbocycles. The molecule has 0 fully saturated rings. The van der Waals surface area contributed by atoms with E-state index >= 15 is 0 Å². The molecule has 0 radical (unpaired) electrons. The quantitative estimate of drug-likeness (QED) is 0.522. The maximum Gasteiger partial charge on any atom is 0.309 e. The van der Waals surface area contributed by atoms with Crippen LogP contribution in [-0.4, -0.2) is 18.9 Å². The predicted octanol–water partition coefficient (Wildman–Crippen LogP) is 0.695. The number of hydrogen-bond acceptors (Lipinski definition) is 3. The number of esters is 1. The number of rotatable bonds is 1. The van der Waals surface area contributed by atoms with E-state index in [2.05, 4.69) is 4.74 Å². The zero-order valence-electron chi connectivity index (χ0n) is 6.37. The Morgan fingerprint density at radius 3 is 3.00 bits per heavy atom. The van der Waals surface area contributed by atoms with Crippen LogP contribution in [0.3, 0.4) is 0 Å². The Bertz CT molecular complexity index is 205. The molecule has 0 unspecified atom stereocenters. The Morgan fingerprint density at radius 2 is 2.45 bits per heavy atom. The Hall–Kier alpha value is -1.12. The first-order valence-corrected chi connectivity index (χ1v) is 3.51. The van der Waals surface area contributed by atoms with Crippen LogP contribution < -0.4 is 0 Å². The van der Waals surface area contributed by atoms with Gasteiger partial charge in [-0.2, -0.15) is 0 Å². The number of hydrogen-bond donors (Lipinski definition) is 0. The van der Waals surface area contributed by atoms with Gasteiger partial charge in [-0.15, -0.1) is 0 Å². The number of ether oxygens (including phenoxy) is 1. The van der Waals surface area contributed by atoms with Gasteiger partial charge in [0.05, 0.1) is 13.0 Å². The van der Waals surface area contributed by atoms with E-state index in [-0.39, 0.29) is 17.7 Å².